The Bertz CT molecular complexity index is 629. The first-order valence-corrected chi connectivity index (χ1v) is 8.43. The number of rotatable bonds is 5. The Morgan fingerprint density at radius 2 is 2.19 bits per heavy atom. The van der Waals surface area contributed by atoms with E-state index in [9.17, 15) is 4.39 Å². The molecule has 2 aromatic rings. The van der Waals surface area contributed by atoms with E-state index < -0.39 is 0 Å². The highest BCUT2D eigenvalue weighted by Gasteiger charge is 2.23. The van der Waals surface area contributed by atoms with Crippen LogP contribution in [-0.2, 0) is 6.54 Å². The molecule has 1 aliphatic carbocycles. The summed E-state index contributed by atoms with van der Waals surface area (Å²) in [6.45, 7) is 5.03. The van der Waals surface area contributed by atoms with Crippen LogP contribution in [0.4, 0.5) is 4.39 Å². The Morgan fingerprint density at radius 1 is 1.43 bits per heavy atom. The van der Waals surface area contributed by atoms with Gasteiger partial charge in [-0.2, -0.15) is 0 Å². The van der Waals surface area contributed by atoms with Crippen LogP contribution in [-0.4, -0.2) is 11.0 Å². The van der Waals surface area contributed by atoms with Crippen LogP contribution in [0.1, 0.15) is 43.2 Å². The van der Waals surface area contributed by atoms with Gasteiger partial charge in [-0.3, -0.25) is 0 Å². The molecule has 0 unspecified atom stereocenters. The van der Waals surface area contributed by atoms with Gasteiger partial charge in [0.15, 0.2) is 0 Å². The van der Waals surface area contributed by atoms with Crippen molar-refractivity contribution in [2.75, 3.05) is 0 Å². The molecule has 0 amide bonds. The number of aromatic nitrogens is 1. The Balaban J connectivity index is 1.96. The van der Waals surface area contributed by atoms with Crippen LogP contribution in [0.15, 0.2) is 18.2 Å². The standard InChI is InChI=1S/C16H18ClFN2S/c1-9(2)15-13(8-19-10-6-7-10)21-16(20-15)14-11(17)4-3-5-12(14)18/h3-5,9-10,19H,6-8H2,1-2H3. The summed E-state index contributed by atoms with van der Waals surface area (Å²) in [6.07, 6.45) is 2.50. The summed E-state index contributed by atoms with van der Waals surface area (Å²) >= 11 is 7.69. The molecule has 0 bridgehead atoms. The molecule has 21 heavy (non-hydrogen) atoms. The van der Waals surface area contributed by atoms with Crippen LogP contribution < -0.4 is 5.32 Å². The largest absolute Gasteiger partial charge is 0.309 e. The summed E-state index contributed by atoms with van der Waals surface area (Å²) < 4.78 is 14.1. The number of hydrogen-bond donors (Lipinski definition) is 1. The average molecular weight is 325 g/mol. The molecular weight excluding hydrogens is 307 g/mol. The van der Waals surface area contributed by atoms with Crippen molar-refractivity contribution in [2.24, 2.45) is 0 Å². The Kier molecular flexibility index (Phi) is 4.29. The lowest BCUT2D eigenvalue weighted by Crippen LogP contribution is -2.15. The molecule has 3 rings (SSSR count). The van der Waals surface area contributed by atoms with E-state index in [1.54, 1.807) is 23.5 Å². The van der Waals surface area contributed by atoms with Gasteiger partial charge in [0.05, 0.1) is 16.3 Å². The second-order valence-corrected chi connectivity index (χ2v) is 7.22. The molecular formula is C16H18ClFN2S. The fraction of sp³-hybridized carbons (Fsp3) is 0.438. The second-order valence-electron chi connectivity index (χ2n) is 5.73. The van der Waals surface area contributed by atoms with Crippen LogP contribution in [0.2, 0.25) is 5.02 Å². The first-order valence-electron chi connectivity index (χ1n) is 7.23. The molecule has 1 N–H and O–H groups in total. The number of nitrogens with one attached hydrogen (secondary N) is 1. The van der Waals surface area contributed by atoms with E-state index in [0.29, 0.717) is 27.6 Å². The van der Waals surface area contributed by atoms with Crippen molar-refractivity contribution >= 4 is 22.9 Å². The number of halogens is 2. The summed E-state index contributed by atoms with van der Waals surface area (Å²) in [5.74, 6) is 0.00445. The van der Waals surface area contributed by atoms with Gasteiger partial charge in [-0.15, -0.1) is 11.3 Å². The topological polar surface area (TPSA) is 24.9 Å². The highest BCUT2D eigenvalue weighted by molar-refractivity contribution is 7.15. The first kappa shape index (κ1) is 14.9. The van der Waals surface area contributed by atoms with Crippen molar-refractivity contribution in [1.29, 1.82) is 0 Å². The van der Waals surface area contributed by atoms with Gasteiger partial charge in [-0.05, 0) is 30.9 Å². The lowest BCUT2D eigenvalue weighted by Gasteiger charge is -2.05. The molecule has 0 spiro atoms. The minimum absolute atomic E-state index is 0.312. The number of thiazole rings is 1. The van der Waals surface area contributed by atoms with Gasteiger partial charge in [0.1, 0.15) is 10.8 Å². The molecule has 0 aliphatic heterocycles. The third-order valence-corrected chi connectivity index (χ3v) is 4.98. The van der Waals surface area contributed by atoms with E-state index in [1.165, 1.54) is 23.8 Å². The summed E-state index contributed by atoms with van der Waals surface area (Å²) in [7, 11) is 0. The van der Waals surface area contributed by atoms with E-state index in [1.807, 2.05) is 0 Å². The third-order valence-electron chi connectivity index (χ3n) is 3.58. The normalized spacial score (nSPS) is 14.9. The predicted octanol–water partition coefficient (Wildman–Crippen LogP) is 4.98. The Hall–Kier alpha value is -0.970. The zero-order chi connectivity index (χ0) is 15.0. The van der Waals surface area contributed by atoms with Gasteiger partial charge < -0.3 is 5.32 Å². The zero-order valence-electron chi connectivity index (χ0n) is 12.1. The van der Waals surface area contributed by atoms with Gasteiger partial charge in [0.2, 0.25) is 0 Å². The predicted molar refractivity (Wildman–Crippen MR) is 86.5 cm³/mol. The van der Waals surface area contributed by atoms with E-state index in [2.05, 4.69) is 24.1 Å². The summed E-state index contributed by atoms with van der Waals surface area (Å²) in [5, 5.41) is 4.60. The Morgan fingerprint density at radius 3 is 2.81 bits per heavy atom. The van der Waals surface area contributed by atoms with Gasteiger partial charge >= 0.3 is 0 Å². The van der Waals surface area contributed by atoms with Crippen molar-refractivity contribution < 1.29 is 4.39 Å². The molecule has 1 aromatic heterocycles. The van der Waals surface area contributed by atoms with E-state index >= 15 is 0 Å². The van der Waals surface area contributed by atoms with Crippen molar-refractivity contribution in [3.05, 3.63) is 39.6 Å². The van der Waals surface area contributed by atoms with Crippen LogP contribution in [0, 0.1) is 5.82 Å². The summed E-state index contributed by atoms with van der Waals surface area (Å²) in [6, 6.07) is 5.40. The lowest BCUT2D eigenvalue weighted by atomic mass is 10.1. The summed E-state index contributed by atoms with van der Waals surface area (Å²) in [4.78, 5) is 5.84. The molecule has 2 nitrogen and oxygen atoms in total. The molecule has 112 valence electrons. The molecule has 1 fully saturated rings. The number of nitrogens with zero attached hydrogens (tertiary/aromatic N) is 1. The lowest BCUT2D eigenvalue weighted by molar-refractivity contribution is 0.631. The highest BCUT2D eigenvalue weighted by atomic mass is 35.5. The fourth-order valence-electron chi connectivity index (χ4n) is 2.27. The maximum absolute atomic E-state index is 14.1. The number of benzene rings is 1. The molecule has 1 heterocycles. The molecule has 1 aliphatic rings. The quantitative estimate of drug-likeness (QED) is 0.839. The van der Waals surface area contributed by atoms with E-state index in [4.69, 9.17) is 11.6 Å². The van der Waals surface area contributed by atoms with Crippen molar-refractivity contribution in [3.8, 4) is 10.6 Å². The van der Waals surface area contributed by atoms with Gasteiger partial charge in [0.25, 0.3) is 0 Å². The van der Waals surface area contributed by atoms with Crippen LogP contribution in [0.3, 0.4) is 0 Å². The minimum atomic E-state index is -0.312. The van der Waals surface area contributed by atoms with Gasteiger partial charge in [0, 0.05) is 17.5 Å². The zero-order valence-corrected chi connectivity index (χ0v) is 13.7. The smallest absolute Gasteiger partial charge is 0.134 e. The maximum Gasteiger partial charge on any atom is 0.134 e. The second kappa shape index (κ2) is 6.03. The molecule has 5 heteroatoms. The van der Waals surface area contributed by atoms with Gasteiger partial charge in [-0.25, -0.2) is 9.37 Å². The summed E-state index contributed by atoms with van der Waals surface area (Å²) in [5.41, 5.74) is 1.46. The van der Waals surface area contributed by atoms with E-state index in [-0.39, 0.29) is 5.82 Å². The van der Waals surface area contributed by atoms with Crippen LogP contribution in [0.25, 0.3) is 10.6 Å². The highest BCUT2D eigenvalue weighted by Crippen LogP contribution is 2.37. The average Bonchev–Trinajstić information content (AvgIpc) is 3.16. The third kappa shape index (κ3) is 3.28. The molecule has 1 saturated carbocycles. The fourth-order valence-corrected chi connectivity index (χ4v) is 3.81. The Labute approximate surface area is 133 Å². The number of hydrogen-bond acceptors (Lipinski definition) is 3. The molecule has 1 aromatic carbocycles. The molecule has 0 radical (unpaired) electrons. The minimum Gasteiger partial charge on any atom is -0.309 e. The van der Waals surface area contributed by atoms with Crippen molar-refractivity contribution in [1.82, 2.24) is 10.3 Å². The van der Waals surface area contributed by atoms with Crippen LogP contribution in [0.5, 0.6) is 0 Å². The monoisotopic (exact) mass is 324 g/mol. The maximum atomic E-state index is 14.1. The van der Waals surface area contributed by atoms with Crippen molar-refractivity contribution in [2.45, 2.75) is 45.2 Å². The SMILES string of the molecule is CC(C)c1nc(-c2c(F)cccc2Cl)sc1CNC1CC1. The molecule has 0 atom stereocenters. The van der Waals surface area contributed by atoms with Gasteiger partial charge in [-0.1, -0.05) is 31.5 Å². The van der Waals surface area contributed by atoms with Crippen molar-refractivity contribution in [3.63, 3.8) is 0 Å². The first-order chi connectivity index (χ1) is 10.1. The molecule has 0 saturated heterocycles. The van der Waals surface area contributed by atoms with E-state index in [0.717, 1.165) is 12.2 Å². The van der Waals surface area contributed by atoms with Crippen LogP contribution >= 0.6 is 22.9 Å².